The third-order valence-corrected chi connectivity index (χ3v) is 5.58. The highest BCUT2D eigenvalue weighted by Gasteiger charge is 2.27. The highest BCUT2D eigenvalue weighted by molar-refractivity contribution is 6.03. The molecule has 1 heterocycles. The Morgan fingerprint density at radius 3 is 2.41 bits per heavy atom. The first-order valence-corrected chi connectivity index (χ1v) is 10.2. The predicted molar refractivity (Wildman–Crippen MR) is 116 cm³/mol. The van der Waals surface area contributed by atoms with E-state index in [9.17, 15) is 9.59 Å². The van der Waals surface area contributed by atoms with E-state index < -0.39 is 5.97 Å². The molecule has 4 nitrogen and oxygen atoms in total. The van der Waals surface area contributed by atoms with Gasteiger partial charge in [-0.15, -0.1) is 0 Å². The van der Waals surface area contributed by atoms with E-state index >= 15 is 0 Å². The molecule has 0 radical (unpaired) electrons. The Morgan fingerprint density at radius 1 is 1.10 bits per heavy atom. The zero-order valence-electron chi connectivity index (χ0n) is 17.7. The summed E-state index contributed by atoms with van der Waals surface area (Å²) in [5.41, 5.74) is 5.45. The predicted octanol–water partition coefficient (Wildman–Crippen LogP) is 4.60. The fraction of sp³-hybridized carbons (Fsp3) is 0.360. The minimum atomic E-state index is -0.497. The topological polar surface area (TPSA) is 46.6 Å². The molecule has 0 spiro atoms. The van der Waals surface area contributed by atoms with E-state index in [1.54, 1.807) is 6.08 Å². The highest BCUT2D eigenvalue weighted by Crippen LogP contribution is 2.37. The highest BCUT2D eigenvalue weighted by atomic mass is 16.5. The Balaban J connectivity index is 2.25. The third kappa shape index (κ3) is 4.42. The van der Waals surface area contributed by atoms with Crippen molar-refractivity contribution in [2.24, 2.45) is 5.92 Å². The first-order chi connectivity index (χ1) is 14.0. The zero-order chi connectivity index (χ0) is 21.0. The van der Waals surface area contributed by atoms with E-state index in [4.69, 9.17) is 4.74 Å². The van der Waals surface area contributed by atoms with Crippen molar-refractivity contribution in [1.29, 1.82) is 0 Å². The summed E-state index contributed by atoms with van der Waals surface area (Å²) >= 11 is 0. The molecule has 1 saturated heterocycles. The second-order valence-electron chi connectivity index (χ2n) is 7.89. The van der Waals surface area contributed by atoms with Crippen LogP contribution in [0, 0.1) is 5.92 Å². The van der Waals surface area contributed by atoms with Crippen LogP contribution in [0.4, 0.5) is 0 Å². The van der Waals surface area contributed by atoms with Gasteiger partial charge >= 0.3 is 5.97 Å². The van der Waals surface area contributed by atoms with Gasteiger partial charge < -0.3 is 9.64 Å². The van der Waals surface area contributed by atoms with Crippen molar-refractivity contribution < 1.29 is 14.3 Å². The van der Waals surface area contributed by atoms with Gasteiger partial charge in [0.1, 0.15) is 0 Å². The van der Waals surface area contributed by atoms with Gasteiger partial charge in [-0.2, -0.15) is 0 Å². The maximum atomic E-state index is 12.7. The summed E-state index contributed by atoms with van der Waals surface area (Å²) in [5, 5.41) is 0. The molecule has 3 rings (SSSR count). The fourth-order valence-corrected chi connectivity index (χ4v) is 3.86. The first-order valence-electron chi connectivity index (χ1n) is 10.2. The lowest BCUT2D eigenvalue weighted by molar-refractivity contribution is -0.136. The van der Waals surface area contributed by atoms with Crippen molar-refractivity contribution in [2.45, 2.75) is 33.6 Å². The SMILES string of the molecule is COC(=O)C1=C(C=O)C=CC(/C=C/N2CCCC2)=C2C=C(C(C)C)C=CC(C)=C21. The summed E-state index contributed by atoms with van der Waals surface area (Å²) in [5.74, 6) is -0.166. The molecule has 0 N–H and O–H groups in total. The second kappa shape index (κ2) is 9.08. The zero-order valence-corrected chi connectivity index (χ0v) is 17.7. The van der Waals surface area contributed by atoms with Crippen molar-refractivity contribution >= 4 is 12.3 Å². The number of rotatable bonds is 5. The molecular weight excluding hydrogens is 362 g/mol. The Bertz CT molecular complexity index is 914. The van der Waals surface area contributed by atoms with Gasteiger partial charge in [0.25, 0.3) is 0 Å². The number of methoxy groups -OCH3 is 1. The first kappa shape index (κ1) is 20.8. The van der Waals surface area contributed by atoms with E-state index in [1.807, 2.05) is 19.1 Å². The maximum absolute atomic E-state index is 12.7. The van der Waals surface area contributed by atoms with E-state index in [0.29, 0.717) is 17.1 Å². The number of ether oxygens (including phenoxy) is 1. The third-order valence-electron chi connectivity index (χ3n) is 5.58. The Morgan fingerprint density at radius 2 is 1.79 bits per heavy atom. The number of carbonyl (C=O) groups is 2. The number of allylic oxidation sites excluding steroid dienone is 11. The molecule has 29 heavy (non-hydrogen) atoms. The molecule has 152 valence electrons. The van der Waals surface area contributed by atoms with E-state index in [2.05, 4.69) is 43.2 Å². The quantitative estimate of drug-likeness (QED) is 0.508. The molecule has 4 heteroatoms. The Hall–Kier alpha value is -2.88. The van der Waals surface area contributed by atoms with Crippen LogP contribution in [0.5, 0.6) is 0 Å². The van der Waals surface area contributed by atoms with Crippen LogP contribution < -0.4 is 0 Å². The van der Waals surface area contributed by atoms with Gasteiger partial charge in [0, 0.05) is 24.2 Å². The van der Waals surface area contributed by atoms with Crippen LogP contribution in [0.1, 0.15) is 33.6 Å². The molecule has 0 atom stereocenters. The summed E-state index contributed by atoms with van der Waals surface area (Å²) in [6.45, 7) is 8.39. The summed E-state index contributed by atoms with van der Waals surface area (Å²) in [6, 6.07) is 0. The number of esters is 1. The standard InChI is InChI=1S/C25H29NO3/c1-17(2)20-8-7-18(3)23-22(15-20)19(11-14-26-12-5-6-13-26)9-10-21(16-27)24(23)25(28)29-4/h7-11,14-17H,5-6,12-13H2,1-4H3/b14-11+. The van der Waals surface area contributed by atoms with Crippen LogP contribution in [0.3, 0.4) is 0 Å². The molecule has 3 aliphatic rings. The van der Waals surface area contributed by atoms with Crippen molar-refractivity contribution in [3.8, 4) is 0 Å². The van der Waals surface area contributed by atoms with Crippen molar-refractivity contribution in [3.05, 3.63) is 81.7 Å². The molecule has 0 bridgehead atoms. The minimum Gasteiger partial charge on any atom is -0.465 e. The molecule has 0 aromatic carbocycles. The lowest BCUT2D eigenvalue weighted by Gasteiger charge is -2.17. The lowest BCUT2D eigenvalue weighted by atomic mass is 9.88. The van der Waals surface area contributed by atoms with Crippen LogP contribution in [0.25, 0.3) is 0 Å². The van der Waals surface area contributed by atoms with Crippen LogP contribution in [-0.2, 0) is 14.3 Å². The van der Waals surface area contributed by atoms with Gasteiger partial charge in [-0.25, -0.2) is 4.79 Å². The van der Waals surface area contributed by atoms with Gasteiger partial charge in [0.15, 0.2) is 6.29 Å². The van der Waals surface area contributed by atoms with Crippen LogP contribution in [-0.4, -0.2) is 37.4 Å². The summed E-state index contributed by atoms with van der Waals surface area (Å²) in [6.07, 6.45) is 17.3. The number of carbonyl (C=O) groups excluding carboxylic acids is 2. The monoisotopic (exact) mass is 391 g/mol. The number of hydrogen-bond donors (Lipinski definition) is 0. The summed E-state index contributed by atoms with van der Waals surface area (Å²) < 4.78 is 5.05. The van der Waals surface area contributed by atoms with E-state index in [1.165, 1.54) is 25.5 Å². The molecular formula is C25H29NO3. The maximum Gasteiger partial charge on any atom is 0.339 e. The van der Waals surface area contributed by atoms with Crippen LogP contribution in [0.2, 0.25) is 0 Å². The van der Waals surface area contributed by atoms with Crippen molar-refractivity contribution in [3.63, 3.8) is 0 Å². The average molecular weight is 392 g/mol. The van der Waals surface area contributed by atoms with Gasteiger partial charge in [-0.3, -0.25) is 4.79 Å². The lowest BCUT2D eigenvalue weighted by Crippen LogP contribution is -2.13. The van der Waals surface area contributed by atoms with Gasteiger partial charge in [0.2, 0.25) is 0 Å². The minimum absolute atomic E-state index is 0.321. The number of fused-ring (bicyclic) bond motifs is 1. The molecule has 0 saturated carbocycles. The van der Waals surface area contributed by atoms with E-state index in [-0.39, 0.29) is 0 Å². The molecule has 2 aliphatic carbocycles. The van der Waals surface area contributed by atoms with Crippen molar-refractivity contribution in [1.82, 2.24) is 4.90 Å². The molecule has 1 aliphatic heterocycles. The summed E-state index contributed by atoms with van der Waals surface area (Å²) in [7, 11) is 1.35. The number of hydrogen-bond acceptors (Lipinski definition) is 4. The molecule has 0 aromatic rings. The van der Waals surface area contributed by atoms with E-state index in [0.717, 1.165) is 41.7 Å². The fourth-order valence-electron chi connectivity index (χ4n) is 3.86. The Labute approximate surface area is 173 Å². The van der Waals surface area contributed by atoms with Gasteiger partial charge in [0.05, 0.1) is 12.7 Å². The van der Waals surface area contributed by atoms with Crippen molar-refractivity contribution in [2.75, 3.05) is 20.2 Å². The van der Waals surface area contributed by atoms with Crippen LogP contribution >= 0.6 is 0 Å². The smallest absolute Gasteiger partial charge is 0.339 e. The largest absolute Gasteiger partial charge is 0.465 e. The normalized spacial score (nSPS) is 19.8. The average Bonchev–Trinajstić information content (AvgIpc) is 3.10. The Kier molecular flexibility index (Phi) is 6.53. The van der Waals surface area contributed by atoms with Gasteiger partial charge in [-0.1, -0.05) is 44.2 Å². The molecule has 0 amide bonds. The number of aldehydes is 1. The number of nitrogens with zero attached hydrogens (tertiary/aromatic N) is 1. The van der Waals surface area contributed by atoms with Crippen LogP contribution in [0.15, 0.2) is 81.7 Å². The number of likely N-dealkylation sites (tertiary alicyclic amines) is 1. The molecule has 0 aromatic heterocycles. The van der Waals surface area contributed by atoms with Gasteiger partial charge in [-0.05, 0) is 60.3 Å². The molecule has 1 fully saturated rings. The molecule has 0 unspecified atom stereocenters. The summed E-state index contributed by atoms with van der Waals surface area (Å²) in [4.78, 5) is 26.8. The second-order valence-corrected chi connectivity index (χ2v) is 7.89.